The van der Waals surface area contributed by atoms with Gasteiger partial charge in [-0.3, -0.25) is 9.59 Å². The highest BCUT2D eigenvalue weighted by Crippen LogP contribution is 2.39. The molecule has 0 aliphatic heterocycles. The van der Waals surface area contributed by atoms with E-state index in [2.05, 4.69) is 21.2 Å². The lowest BCUT2D eigenvalue weighted by molar-refractivity contribution is -0.150. The van der Waals surface area contributed by atoms with Crippen molar-refractivity contribution in [2.75, 3.05) is 12.4 Å². The fraction of sp³-hybridized carbons (Fsp3) is 0.375. The van der Waals surface area contributed by atoms with Crippen molar-refractivity contribution < 1.29 is 24.2 Å². The van der Waals surface area contributed by atoms with Gasteiger partial charge in [-0.1, -0.05) is 50.9 Å². The van der Waals surface area contributed by atoms with Crippen molar-refractivity contribution in [1.82, 2.24) is 4.90 Å². The van der Waals surface area contributed by atoms with Crippen molar-refractivity contribution in [3.8, 4) is 11.5 Å². The Morgan fingerprint density at radius 2 is 1.68 bits per heavy atom. The van der Waals surface area contributed by atoms with Gasteiger partial charge in [-0.05, 0) is 57.7 Å². The van der Waals surface area contributed by atoms with Crippen LogP contribution in [0.15, 0.2) is 34.8 Å². The van der Waals surface area contributed by atoms with Gasteiger partial charge < -0.3 is 20.1 Å². The molecule has 184 valence electrons. The summed E-state index contributed by atoms with van der Waals surface area (Å²) in [5.74, 6) is -1.31. The minimum atomic E-state index is -1.06. The predicted octanol–water partition coefficient (Wildman–Crippen LogP) is 6.25. The molecule has 2 amide bonds. The van der Waals surface area contributed by atoms with Crippen LogP contribution < -0.4 is 10.1 Å². The second kappa shape index (κ2) is 11.9. The van der Waals surface area contributed by atoms with Gasteiger partial charge in [0.25, 0.3) is 0 Å². The van der Waals surface area contributed by atoms with E-state index in [4.69, 9.17) is 27.9 Å². The Morgan fingerprint density at radius 3 is 2.15 bits per heavy atom. The maximum absolute atomic E-state index is 12.7. The quantitative estimate of drug-likeness (QED) is 0.369. The van der Waals surface area contributed by atoms with Gasteiger partial charge in [0.05, 0.1) is 22.2 Å². The molecule has 34 heavy (non-hydrogen) atoms. The number of likely N-dealkylation sites (N-methyl/N-ethyl adjacent to an activating group) is 1. The van der Waals surface area contributed by atoms with Gasteiger partial charge in [-0.15, -0.1) is 0 Å². The minimum absolute atomic E-state index is 0.0670. The topological polar surface area (TPSA) is 95.9 Å². The molecule has 1 atom stereocenters. The number of amides is 2. The molecule has 2 aromatic rings. The van der Waals surface area contributed by atoms with E-state index in [0.29, 0.717) is 21.5 Å². The zero-order chi connectivity index (χ0) is 25.7. The third kappa shape index (κ3) is 7.10. The zero-order valence-corrected chi connectivity index (χ0v) is 22.6. The van der Waals surface area contributed by atoms with Gasteiger partial charge in [0.2, 0.25) is 11.8 Å². The number of anilines is 1. The summed E-state index contributed by atoms with van der Waals surface area (Å²) in [6.07, 6.45) is -0.0670. The van der Waals surface area contributed by atoms with Crippen LogP contribution in [0.3, 0.4) is 0 Å². The third-order valence-electron chi connectivity index (χ3n) is 5.05. The number of carboxylic acids is 1. The standard InChI is InChI=1S/C24H27BrCl2N2O5/c1-12(2)21(24(32)33)29(5)20(30)10-14-8-17(26)22(18(27)9-14)34-15-6-7-19(16(25)11-15)28-23(31)13(3)4/h6-9,11-13,21H,10H2,1-5H3,(H,28,31)(H,32,33)/t21-/m0/s1. The van der Waals surface area contributed by atoms with Crippen LogP contribution in [-0.4, -0.2) is 40.9 Å². The van der Waals surface area contributed by atoms with Crippen LogP contribution in [-0.2, 0) is 20.8 Å². The normalized spacial score (nSPS) is 11.9. The first-order valence-corrected chi connectivity index (χ1v) is 12.1. The Labute approximate surface area is 217 Å². The third-order valence-corrected chi connectivity index (χ3v) is 6.27. The number of hydrogen-bond acceptors (Lipinski definition) is 4. The van der Waals surface area contributed by atoms with E-state index in [0.717, 1.165) is 0 Å². The van der Waals surface area contributed by atoms with Crippen LogP contribution in [0, 0.1) is 11.8 Å². The van der Waals surface area contributed by atoms with Crippen molar-refractivity contribution in [3.05, 3.63) is 50.4 Å². The highest BCUT2D eigenvalue weighted by atomic mass is 79.9. The number of carboxylic acid groups (broad SMARTS) is 1. The second-order valence-electron chi connectivity index (χ2n) is 8.48. The number of benzene rings is 2. The fourth-order valence-electron chi connectivity index (χ4n) is 3.22. The highest BCUT2D eigenvalue weighted by Gasteiger charge is 2.29. The molecule has 0 radical (unpaired) electrons. The molecular weight excluding hydrogens is 547 g/mol. The van der Waals surface area contributed by atoms with Crippen LogP contribution in [0.4, 0.5) is 5.69 Å². The Bertz CT molecular complexity index is 1070. The molecule has 0 aliphatic carbocycles. The summed E-state index contributed by atoms with van der Waals surface area (Å²) in [5.41, 5.74) is 1.13. The monoisotopic (exact) mass is 572 g/mol. The summed E-state index contributed by atoms with van der Waals surface area (Å²) in [6, 6.07) is 7.22. The molecule has 0 aromatic heterocycles. The maximum Gasteiger partial charge on any atom is 0.326 e. The molecule has 0 saturated carbocycles. The number of carbonyl (C=O) groups is 3. The van der Waals surface area contributed by atoms with E-state index in [1.54, 1.807) is 58.0 Å². The van der Waals surface area contributed by atoms with Gasteiger partial charge in [0.1, 0.15) is 11.8 Å². The molecule has 0 saturated heterocycles. The molecule has 0 fully saturated rings. The molecule has 7 nitrogen and oxygen atoms in total. The molecule has 0 spiro atoms. The van der Waals surface area contributed by atoms with Crippen molar-refractivity contribution >= 4 is 62.6 Å². The molecule has 2 aromatic carbocycles. The first-order valence-electron chi connectivity index (χ1n) is 10.6. The van der Waals surface area contributed by atoms with Gasteiger partial charge in [0.15, 0.2) is 5.75 Å². The molecular formula is C24H27BrCl2N2O5. The van der Waals surface area contributed by atoms with E-state index < -0.39 is 12.0 Å². The summed E-state index contributed by atoms with van der Waals surface area (Å²) < 4.78 is 6.48. The lowest BCUT2D eigenvalue weighted by atomic mass is 10.0. The first-order chi connectivity index (χ1) is 15.8. The number of halogens is 3. The Kier molecular flexibility index (Phi) is 9.79. The van der Waals surface area contributed by atoms with Crippen LogP contribution >= 0.6 is 39.1 Å². The Hall–Kier alpha value is -2.29. The van der Waals surface area contributed by atoms with E-state index in [1.165, 1.54) is 11.9 Å². The van der Waals surface area contributed by atoms with Crippen LogP contribution in [0.2, 0.25) is 10.0 Å². The van der Waals surface area contributed by atoms with E-state index in [1.807, 2.05) is 0 Å². The lowest BCUT2D eigenvalue weighted by Crippen LogP contribution is -2.46. The molecule has 2 N–H and O–H groups in total. The molecule has 0 bridgehead atoms. The molecule has 0 heterocycles. The van der Waals surface area contributed by atoms with Crippen LogP contribution in [0.25, 0.3) is 0 Å². The second-order valence-corrected chi connectivity index (χ2v) is 10.2. The van der Waals surface area contributed by atoms with Crippen LogP contribution in [0.5, 0.6) is 11.5 Å². The number of hydrogen-bond donors (Lipinski definition) is 2. The van der Waals surface area contributed by atoms with Crippen molar-refractivity contribution in [2.24, 2.45) is 11.8 Å². The van der Waals surface area contributed by atoms with Gasteiger partial charge in [0, 0.05) is 17.4 Å². The molecule has 0 unspecified atom stereocenters. The molecule has 2 rings (SSSR count). The summed E-state index contributed by atoms with van der Waals surface area (Å²) in [7, 11) is 1.47. The van der Waals surface area contributed by atoms with Crippen molar-refractivity contribution in [2.45, 2.75) is 40.2 Å². The summed E-state index contributed by atoms with van der Waals surface area (Å²) in [6.45, 7) is 7.08. The average Bonchev–Trinajstić information content (AvgIpc) is 2.71. The average molecular weight is 574 g/mol. The number of ether oxygens (including phenoxy) is 1. The smallest absolute Gasteiger partial charge is 0.326 e. The summed E-state index contributed by atoms with van der Waals surface area (Å²) >= 11 is 16.2. The largest absolute Gasteiger partial charge is 0.480 e. The minimum Gasteiger partial charge on any atom is -0.480 e. The van der Waals surface area contributed by atoms with E-state index >= 15 is 0 Å². The Morgan fingerprint density at radius 1 is 1.09 bits per heavy atom. The highest BCUT2D eigenvalue weighted by molar-refractivity contribution is 9.10. The predicted molar refractivity (Wildman–Crippen MR) is 137 cm³/mol. The molecule has 0 aliphatic rings. The van der Waals surface area contributed by atoms with Crippen LogP contribution in [0.1, 0.15) is 33.3 Å². The number of aliphatic carboxylic acids is 1. The Balaban J connectivity index is 2.18. The lowest BCUT2D eigenvalue weighted by Gasteiger charge is -2.27. The SMILES string of the molecule is CC(C)C(=O)Nc1ccc(Oc2c(Cl)cc(CC(=O)N(C)[C@H](C(=O)O)C(C)C)cc2Cl)cc1Br. The van der Waals surface area contributed by atoms with Gasteiger partial charge >= 0.3 is 5.97 Å². The number of rotatable bonds is 9. The number of nitrogens with zero attached hydrogens (tertiary/aromatic N) is 1. The van der Waals surface area contributed by atoms with Crippen molar-refractivity contribution in [3.63, 3.8) is 0 Å². The van der Waals surface area contributed by atoms with Gasteiger partial charge in [-0.2, -0.15) is 0 Å². The summed E-state index contributed by atoms with van der Waals surface area (Å²) in [4.78, 5) is 37.3. The molecule has 10 heteroatoms. The van der Waals surface area contributed by atoms with Crippen molar-refractivity contribution in [1.29, 1.82) is 0 Å². The number of nitrogens with one attached hydrogen (secondary N) is 1. The summed E-state index contributed by atoms with van der Waals surface area (Å²) in [5, 5.41) is 12.6. The maximum atomic E-state index is 12.7. The first kappa shape index (κ1) is 28.0. The zero-order valence-electron chi connectivity index (χ0n) is 19.5. The fourth-order valence-corrected chi connectivity index (χ4v) is 4.29. The van der Waals surface area contributed by atoms with E-state index in [-0.39, 0.29) is 45.9 Å². The van der Waals surface area contributed by atoms with Gasteiger partial charge in [-0.25, -0.2) is 4.79 Å². The number of carbonyl (C=O) groups excluding carboxylic acids is 2. The van der Waals surface area contributed by atoms with E-state index in [9.17, 15) is 19.5 Å².